The maximum atomic E-state index is 12.3. The number of carbonyl (C=O) groups is 1. The number of likely N-dealkylation sites (N-methyl/N-ethyl adjacent to an activating group) is 1. The van der Waals surface area contributed by atoms with E-state index in [0.29, 0.717) is 23.5 Å². The van der Waals surface area contributed by atoms with E-state index >= 15 is 0 Å². The second kappa shape index (κ2) is 9.03. The van der Waals surface area contributed by atoms with Crippen LogP contribution in [-0.4, -0.2) is 48.7 Å². The van der Waals surface area contributed by atoms with Gasteiger partial charge in [-0.25, -0.2) is 0 Å². The number of benzene rings is 1. The van der Waals surface area contributed by atoms with Gasteiger partial charge in [0.2, 0.25) is 0 Å². The molecular formula is C19H25N3O3. The summed E-state index contributed by atoms with van der Waals surface area (Å²) in [5.41, 5.74) is 0.948. The second-order valence-electron chi connectivity index (χ2n) is 5.61. The molecule has 0 aliphatic rings. The highest BCUT2D eigenvalue weighted by atomic mass is 16.5. The Morgan fingerprint density at radius 1 is 1.12 bits per heavy atom. The largest absolute Gasteiger partial charge is 0.497 e. The zero-order valence-electron chi connectivity index (χ0n) is 15.0. The lowest BCUT2D eigenvalue weighted by molar-refractivity contribution is 0.0948. The van der Waals surface area contributed by atoms with Gasteiger partial charge in [-0.2, -0.15) is 0 Å². The van der Waals surface area contributed by atoms with Gasteiger partial charge in [-0.3, -0.25) is 14.2 Å². The van der Waals surface area contributed by atoms with Crippen LogP contribution in [0.5, 0.6) is 5.75 Å². The van der Waals surface area contributed by atoms with E-state index in [-0.39, 0.29) is 11.5 Å². The van der Waals surface area contributed by atoms with Gasteiger partial charge in [0.05, 0.1) is 12.7 Å². The van der Waals surface area contributed by atoms with Crippen molar-refractivity contribution in [3.05, 3.63) is 58.5 Å². The topological polar surface area (TPSA) is 63.6 Å². The Bertz CT molecular complexity index is 749. The number of amides is 1. The van der Waals surface area contributed by atoms with Gasteiger partial charge in [0, 0.05) is 31.0 Å². The average Bonchev–Trinajstić information content (AvgIpc) is 2.65. The van der Waals surface area contributed by atoms with E-state index < -0.39 is 0 Å². The molecule has 6 heteroatoms. The number of aromatic nitrogens is 1. The minimum atomic E-state index is -0.190. The Balaban J connectivity index is 2.12. The molecule has 1 aromatic carbocycles. The summed E-state index contributed by atoms with van der Waals surface area (Å²) in [4.78, 5) is 26.7. The first kappa shape index (κ1) is 18.7. The predicted octanol–water partition coefficient (Wildman–Crippen LogP) is 1.92. The van der Waals surface area contributed by atoms with Gasteiger partial charge in [0.1, 0.15) is 5.75 Å². The van der Waals surface area contributed by atoms with Crippen molar-refractivity contribution in [1.82, 2.24) is 14.8 Å². The third kappa shape index (κ3) is 4.93. The average molecular weight is 343 g/mol. The van der Waals surface area contributed by atoms with Gasteiger partial charge >= 0.3 is 0 Å². The number of pyridine rings is 1. The Morgan fingerprint density at radius 2 is 1.80 bits per heavy atom. The quantitative estimate of drug-likeness (QED) is 0.795. The summed E-state index contributed by atoms with van der Waals surface area (Å²) in [7, 11) is 1.59. The standard InChI is InChI=1S/C19H25N3O3/c1-4-21(5-2)13-12-20-19(24)15-6-11-18(23)22(14-15)16-7-9-17(25-3)10-8-16/h6-11,14H,4-5,12-13H2,1-3H3,(H,20,24). The molecule has 0 atom stereocenters. The number of carbonyl (C=O) groups excluding carboxylic acids is 1. The Morgan fingerprint density at radius 3 is 2.40 bits per heavy atom. The first-order valence-electron chi connectivity index (χ1n) is 8.46. The first-order chi connectivity index (χ1) is 12.1. The smallest absolute Gasteiger partial charge is 0.255 e. The van der Waals surface area contributed by atoms with Crippen LogP contribution < -0.4 is 15.6 Å². The molecular weight excluding hydrogens is 318 g/mol. The van der Waals surface area contributed by atoms with Crippen molar-refractivity contribution in [2.75, 3.05) is 33.3 Å². The maximum Gasteiger partial charge on any atom is 0.255 e. The number of methoxy groups -OCH3 is 1. The molecule has 0 saturated carbocycles. The number of nitrogens with one attached hydrogen (secondary N) is 1. The van der Waals surface area contributed by atoms with Crippen LogP contribution in [-0.2, 0) is 0 Å². The van der Waals surface area contributed by atoms with Gasteiger partial charge < -0.3 is 15.0 Å². The third-order valence-electron chi connectivity index (χ3n) is 4.13. The van der Waals surface area contributed by atoms with Crippen LogP contribution in [0.25, 0.3) is 5.69 Å². The minimum absolute atomic E-state index is 0.186. The Kier molecular flexibility index (Phi) is 6.77. The fraction of sp³-hybridized carbons (Fsp3) is 0.368. The van der Waals surface area contributed by atoms with Crippen LogP contribution in [0.3, 0.4) is 0 Å². The number of ether oxygens (including phenoxy) is 1. The van der Waals surface area contributed by atoms with E-state index in [1.165, 1.54) is 10.6 Å². The molecule has 1 heterocycles. The third-order valence-corrected chi connectivity index (χ3v) is 4.13. The van der Waals surface area contributed by atoms with Crippen LogP contribution in [0, 0.1) is 0 Å². The van der Waals surface area contributed by atoms with Crippen molar-refractivity contribution in [1.29, 1.82) is 0 Å². The summed E-state index contributed by atoms with van der Waals surface area (Å²) >= 11 is 0. The van der Waals surface area contributed by atoms with Gasteiger partial charge in [0.15, 0.2) is 0 Å². The molecule has 0 aliphatic carbocycles. The molecule has 1 amide bonds. The molecule has 1 aromatic heterocycles. The number of nitrogens with zero attached hydrogens (tertiary/aromatic N) is 2. The zero-order valence-corrected chi connectivity index (χ0v) is 15.0. The summed E-state index contributed by atoms with van der Waals surface area (Å²) in [6.45, 7) is 7.47. The predicted molar refractivity (Wildman–Crippen MR) is 98.7 cm³/mol. The van der Waals surface area contributed by atoms with Crippen LogP contribution >= 0.6 is 0 Å². The van der Waals surface area contributed by atoms with Crippen LogP contribution in [0.4, 0.5) is 0 Å². The molecule has 0 unspecified atom stereocenters. The van der Waals surface area contributed by atoms with Crippen molar-refractivity contribution >= 4 is 5.91 Å². The molecule has 0 aliphatic heterocycles. The highest BCUT2D eigenvalue weighted by Gasteiger charge is 2.09. The Labute approximate surface area is 148 Å². The Hall–Kier alpha value is -2.60. The number of rotatable bonds is 8. The summed E-state index contributed by atoms with van der Waals surface area (Å²) in [6.07, 6.45) is 1.57. The van der Waals surface area contributed by atoms with Crippen molar-refractivity contribution < 1.29 is 9.53 Å². The van der Waals surface area contributed by atoms with Gasteiger partial charge in [-0.1, -0.05) is 13.8 Å². The highest BCUT2D eigenvalue weighted by Crippen LogP contribution is 2.14. The molecule has 6 nitrogen and oxygen atoms in total. The SMILES string of the molecule is CCN(CC)CCNC(=O)c1ccc(=O)n(-c2ccc(OC)cc2)c1. The summed E-state index contributed by atoms with van der Waals surface area (Å²) in [5, 5.41) is 2.90. The molecule has 0 fully saturated rings. The summed E-state index contributed by atoms with van der Waals surface area (Å²) in [5.74, 6) is 0.525. The molecule has 1 N–H and O–H groups in total. The maximum absolute atomic E-state index is 12.3. The molecule has 2 aromatic rings. The fourth-order valence-electron chi connectivity index (χ4n) is 2.54. The number of hydrogen-bond acceptors (Lipinski definition) is 4. The molecule has 0 spiro atoms. The van der Waals surface area contributed by atoms with E-state index in [1.54, 1.807) is 43.6 Å². The molecule has 25 heavy (non-hydrogen) atoms. The van der Waals surface area contributed by atoms with Crippen molar-refractivity contribution in [3.63, 3.8) is 0 Å². The normalized spacial score (nSPS) is 10.7. The van der Waals surface area contributed by atoms with Crippen LogP contribution in [0.15, 0.2) is 47.4 Å². The molecule has 134 valence electrons. The first-order valence-corrected chi connectivity index (χ1v) is 8.46. The van der Waals surface area contributed by atoms with Crippen molar-refractivity contribution in [2.24, 2.45) is 0 Å². The minimum Gasteiger partial charge on any atom is -0.497 e. The van der Waals surface area contributed by atoms with E-state index in [0.717, 1.165) is 19.6 Å². The van der Waals surface area contributed by atoms with Crippen LogP contribution in [0.1, 0.15) is 24.2 Å². The number of hydrogen-bond donors (Lipinski definition) is 1. The highest BCUT2D eigenvalue weighted by molar-refractivity contribution is 5.93. The van der Waals surface area contributed by atoms with E-state index in [2.05, 4.69) is 24.1 Å². The lowest BCUT2D eigenvalue weighted by Gasteiger charge is -2.18. The lowest BCUT2D eigenvalue weighted by atomic mass is 10.2. The monoisotopic (exact) mass is 343 g/mol. The van der Waals surface area contributed by atoms with Gasteiger partial charge in [-0.05, 0) is 43.4 Å². The molecule has 2 rings (SSSR count). The second-order valence-corrected chi connectivity index (χ2v) is 5.61. The van der Waals surface area contributed by atoms with Gasteiger partial charge in [0.25, 0.3) is 11.5 Å². The van der Waals surface area contributed by atoms with Crippen molar-refractivity contribution in [3.8, 4) is 11.4 Å². The van der Waals surface area contributed by atoms with E-state index in [4.69, 9.17) is 4.74 Å². The summed E-state index contributed by atoms with van der Waals surface area (Å²) in [6, 6.07) is 10.1. The zero-order chi connectivity index (χ0) is 18.2. The molecule has 0 radical (unpaired) electrons. The lowest BCUT2D eigenvalue weighted by Crippen LogP contribution is -2.35. The fourth-order valence-corrected chi connectivity index (χ4v) is 2.54. The van der Waals surface area contributed by atoms with Crippen molar-refractivity contribution in [2.45, 2.75) is 13.8 Å². The molecule has 0 saturated heterocycles. The summed E-state index contributed by atoms with van der Waals surface area (Å²) < 4.78 is 6.58. The van der Waals surface area contributed by atoms with E-state index in [9.17, 15) is 9.59 Å². The van der Waals surface area contributed by atoms with Gasteiger partial charge in [-0.15, -0.1) is 0 Å². The van der Waals surface area contributed by atoms with E-state index in [1.807, 2.05) is 0 Å². The molecule has 0 bridgehead atoms. The van der Waals surface area contributed by atoms with Crippen LogP contribution in [0.2, 0.25) is 0 Å².